The monoisotopic (exact) mass is 410 g/mol. The minimum atomic E-state index is 0.152. The van der Waals surface area contributed by atoms with Gasteiger partial charge in [0.25, 0.3) is 0 Å². The van der Waals surface area contributed by atoms with Gasteiger partial charge in [-0.1, -0.05) is 13.8 Å². The summed E-state index contributed by atoms with van der Waals surface area (Å²) in [6.07, 6.45) is 2.06. The highest BCUT2D eigenvalue weighted by Crippen LogP contribution is 2.37. The summed E-state index contributed by atoms with van der Waals surface area (Å²) >= 11 is 0. The van der Waals surface area contributed by atoms with Crippen LogP contribution in [0.1, 0.15) is 32.8 Å². The summed E-state index contributed by atoms with van der Waals surface area (Å²) in [5, 5.41) is 0. The molecule has 162 valence electrons. The summed E-state index contributed by atoms with van der Waals surface area (Å²) < 4.78 is 5.43. The van der Waals surface area contributed by atoms with Gasteiger partial charge in [0.15, 0.2) is 0 Å². The van der Waals surface area contributed by atoms with Crippen molar-refractivity contribution in [1.82, 2.24) is 0 Å². The number of rotatable bonds is 2. The van der Waals surface area contributed by atoms with Crippen molar-refractivity contribution < 1.29 is 9.53 Å². The molecule has 0 bridgehead atoms. The maximum atomic E-state index is 12.2. The van der Waals surface area contributed by atoms with Crippen LogP contribution in [-0.2, 0) is 16.0 Å². The minimum absolute atomic E-state index is 0.152. The Labute approximate surface area is 179 Å². The first-order valence-corrected chi connectivity index (χ1v) is 10.8. The predicted octanol–water partition coefficient (Wildman–Crippen LogP) is 3.70. The number of benzene rings is 2. The van der Waals surface area contributed by atoms with E-state index in [0.717, 1.165) is 56.2 Å². The molecule has 2 aromatic rings. The zero-order valence-electron chi connectivity index (χ0n) is 18.3. The lowest BCUT2D eigenvalue weighted by molar-refractivity contribution is -0.117. The molecule has 1 saturated heterocycles. The van der Waals surface area contributed by atoms with Crippen LogP contribution in [0.5, 0.6) is 0 Å². The summed E-state index contributed by atoms with van der Waals surface area (Å²) in [5.74, 6) is 0.653. The van der Waals surface area contributed by atoms with Gasteiger partial charge in [0.05, 0.1) is 13.2 Å². The molecular weight excluding hydrogens is 376 g/mol. The zero-order valence-corrected chi connectivity index (χ0v) is 18.3. The van der Waals surface area contributed by atoms with Crippen LogP contribution < -0.4 is 21.3 Å². The molecule has 0 saturated carbocycles. The first kappa shape index (κ1) is 22.0. The van der Waals surface area contributed by atoms with E-state index in [4.69, 9.17) is 16.2 Å². The number of hydrogen-bond donors (Lipinski definition) is 2. The van der Waals surface area contributed by atoms with E-state index in [1.807, 2.05) is 4.90 Å². The highest BCUT2D eigenvalue weighted by atomic mass is 16.5. The molecule has 0 spiro atoms. The molecule has 0 radical (unpaired) electrons. The van der Waals surface area contributed by atoms with Crippen molar-refractivity contribution in [2.24, 2.45) is 5.92 Å². The zero-order chi connectivity index (χ0) is 21.7. The lowest BCUT2D eigenvalue weighted by Gasteiger charge is -2.41. The third-order valence-corrected chi connectivity index (χ3v) is 5.92. The van der Waals surface area contributed by atoms with Crippen molar-refractivity contribution in [2.75, 3.05) is 47.6 Å². The van der Waals surface area contributed by atoms with E-state index in [9.17, 15) is 4.79 Å². The third-order valence-electron chi connectivity index (χ3n) is 5.92. The van der Waals surface area contributed by atoms with Crippen molar-refractivity contribution in [3.8, 4) is 0 Å². The van der Waals surface area contributed by atoms with Gasteiger partial charge in [-0.15, -0.1) is 0 Å². The Hall–Kier alpha value is -2.73. The number of anilines is 4. The van der Waals surface area contributed by atoms with Gasteiger partial charge < -0.3 is 26.0 Å². The molecule has 2 atom stereocenters. The van der Waals surface area contributed by atoms with Gasteiger partial charge in [0, 0.05) is 48.8 Å². The fraction of sp³-hybridized carbons (Fsp3) is 0.458. The number of morpholine rings is 1. The van der Waals surface area contributed by atoms with Gasteiger partial charge in [-0.2, -0.15) is 0 Å². The van der Waals surface area contributed by atoms with E-state index < -0.39 is 0 Å². The van der Waals surface area contributed by atoms with Crippen molar-refractivity contribution in [3.05, 3.63) is 48.0 Å². The molecule has 1 amide bonds. The number of carbonyl (C=O) groups is 1. The van der Waals surface area contributed by atoms with Crippen LogP contribution in [0, 0.1) is 5.92 Å². The lowest BCUT2D eigenvalue weighted by atomic mass is 9.85. The van der Waals surface area contributed by atoms with Gasteiger partial charge in [-0.05, 0) is 66.8 Å². The lowest BCUT2D eigenvalue weighted by Crippen LogP contribution is -2.46. The Morgan fingerprint density at radius 1 is 1.07 bits per heavy atom. The molecule has 30 heavy (non-hydrogen) atoms. The van der Waals surface area contributed by atoms with Gasteiger partial charge in [0.1, 0.15) is 0 Å². The second-order valence-electron chi connectivity index (χ2n) is 8.13. The molecule has 0 aromatic heterocycles. The fourth-order valence-corrected chi connectivity index (χ4v) is 4.39. The van der Waals surface area contributed by atoms with Crippen LogP contribution >= 0.6 is 0 Å². The highest BCUT2D eigenvalue weighted by molar-refractivity contribution is 5.94. The number of carbonyl (C=O) groups excluding carboxylic acids is 1. The smallest absolute Gasteiger partial charge is 0.224 e. The summed E-state index contributed by atoms with van der Waals surface area (Å²) in [4.78, 5) is 16.5. The second kappa shape index (κ2) is 9.85. The van der Waals surface area contributed by atoms with Crippen LogP contribution in [0.15, 0.2) is 42.5 Å². The molecule has 2 aromatic carbocycles. The second-order valence-corrected chi connectivity index (χ2v) is 8.13. The van der Waals surface area contributed by atoms with Gasteiger partial charge >= 0.3 is 0 Å². The van der Waals surface area contributed by atoms with Crippen molar-refractivity contribution in [3.63, 3.8) is 0 Å². The SMILES string of the molecule is CC[C@H]1[C@H](C)Cc2cc(N3CCOCC3)ccc2N1C(C)=O.Nc1ccc(N)cc1. The predicted molar refractivity (Wildman–Crippen MR) is 125 cm³/mol. The van der Waals surface area contributed by atoms with Crippen molar-refractivity contribution in [2.45, 2.75) is 39.7 Å². The van der Waals surface area contributed by atoms with Crippen LogP contribution in [-0.4, -0.2) is 38.3 Å². The number of fused-ring (bicyclic) bond motifs is 1. The molecule has 6 nitrogen and oxygen atoms in total. The average molecular weight is 411 g/mol. The van der Waals surface area contributed by atoms with E-state index in [2.05, 4.69) is 36.9 Å². The van der Waals surface area contributed by atoms with Gasteiger partial charge in [0.2, 0.25) is 5.91 Å². The van der Waals surface area contributed by atoms with Crippen molar-refractivity contribution in [1.29, 1.82) is 0 Å². The van der Waals surface area contributed by atoms with E-state index in [1.54, 1.807) is 31.2 Å². The Kier molecular flexibility index (Phi) is 7.21. The average Bonchev–Trinajstić information content (AvgIpc) is 2.75. The summed E-state index contributed by atoms with van der Waals surface area (Å²) in [5.41, 5.74) is 15.9. The number of nitrogen functional groups attached to an aromatic ring is 2. The Bertz CT molecular complexity index is 826. The molecule has 4 N–H and O–H groups in total. The topological polar surface area (TPSA) is 84.8 Å². The third kappa shape index (κ3) is 5.05. The number of hydrogen-bond acceptors (Lipinski definition) is 5. The largest absolute Gasteiger partial charge is 0.399 e. The van der Waals surface area contributed by atoms with E-state index in [0.29, 0.717) is 12.0 Å². The van der Waals surface area contributed by atoms with E-state index in [1.165, 1.54) is 11.3 Å². The number of nitrogens with two attached hydrogens (primary N) is 2. The summed E-state index contributed by atoms with van der Waals surface area (Å²) in [6, 6.07) is 14.0. The summed E-state index contributed by atoms with van der Waals surface area (Å²) in [7, 11) is 0. The van der Waals surface area contributed by atoms with Gasteiger partial charge in [-0.25, -0.2) is 0 Å². The van der Waals surface area contributed by atoms with Crippen LogP contribution in [0.2, 0.25) is 0 Å². The number of amides is 1. The van der Waals surface area contributed by atoms with E-state index in [-0.39, 0.29) is 5.91 Å². The first-order chi connectivity index (χ1) is 14.4. The first-order valence-electron chi connectivity index (χ1n) is 10.8. The van der Waals surface area contributed by atoms with Crippen LogP contribution in [0.4, 0.5) is 22.7 Å². The fourth-order valence-electron chi connectivity index (χ4n) is 4.39. The number of nitrogens with zero attached hydrogens (tertiary/aromatic N) is 2. The highest BCUT2D eigenvalue weighted by Gasteiger charge is 2.33. The standard InChI is InChI=1S/C18H26N2O2.C6H8N2/c1-4-17-13(2)11-15-12-16(19-7-9-22-10-8-19)5-6-18(15)20(17)14(3)21;7-5-1-2-6(8)4-3-5/h5-6,12-13,17H,4,7-11H2,1-3H3;1-4H,7-8H2/t13-,17+;/m1./s1. The van der Waals surface area contributed by atoms with Crippen LogP contribution in [0.3, 0.4) is 0 Å². The molecule has 4 rings (SSSR count). The van der Waals surface area contributed by atoms with E-state index >= 15 is 0 Å². The normalized spacial score (nSPS) is 20.8. The maximum absolute atomic E-state index is 12.2. The Morgan fingerprint density at radius 3 is 2.20 bits per heavy atom. The maximum Gasteiger partial charge on any atom is 0.224 e. The van der Waals surface area contributed by atoms with Gasteiger partial charge in [-0.3, -0.25) is 4.79 Å². The van der Waals surface area contributed by atoms with Crippen molar-refractivity contribution >= 4 is 28.7 Å². The molecule has 2 aliphatic rings. The van der Waals surface area contributed by atoms with Crippen LogP contribution in [0.25, 0.3) is 0 Å². The minimum Gasteiger partial charge on any atom is -0.399 e. The summed E-state index contributed by atoms with van der Waals surface area (Å²) in [6.45, 7) is 9.60. The molecule has 0 aliphatic carbocycles. The molecule has 2 heterocycles. The molecule has 0 unspecified atom stereocenters. The molecule has 2 aliphatic heterocycles. The molecule has 6 heteroatoms. The molecule has 1 fully saturated rings. The molecular formula is C24H34N4O2. The Balaban J connectivity index is 0.000000269. The Morgan fingerprint density at radius 2 is 1.67 bits per heavy atom. The quantitative estimate of drug-likeness (QED) is 0.738. The number of ether oxygens (including phenoxy) is 1.